The molecule has 0 atom stereocenters. The smallest absolute Gasteiger partial charge is 0.310 e. The standard InChI is InChI=1S/C11H12BrNO4/c1-3-17-10(14)6-8-7(2)4-5-9(11(8)12)13(15)16/h4-5H,3,6H2,1-2H3. The van der Waals surface area contributed by atoms with Crippen LogP contribution in [0.1, 0.15) is 18.1 Å². The van der Waals surface area contributed by atoms with Crippen LogP contribution in [0.3, 0.4) is 0 Å². The molecule has 1 rings (SSSR count). The van der Waals surface area contributed by atoms with Crippen molar-refractivity contribution in [2.24, 2.45) is 0 Å². The first-order chi connectivity index (χ1) is 7.97. The van der Waals surface area contributed by atoms with Gasteiger partial charge in [-0.05, 0) is 40.9 Å². The van der Waals surface area contributed by atoms with Gasteiger partial charge in [-0.3, -0.25) is 14.9 Å². The van der Waals surface area contributed by atoms with Crippen LogP contribution in [-0.4, -0.2) is 17.5 Å². The van der Waals surface area contributed by atoms with E-state index in [9.17, 15) is 14.9 Å². The highest BCUT2D eigenvalue weighted by atomic mass is 79.9. The van der Waals surface area contributed by atoms with E-state index < -0.39 is 10.9 Å². The summed E-state index contributed by atoms with van der Waals surface area (Å²) in [5, 5.41) is 10.8. The molecule has 0 aliphatic carbocycles. The minimum absolute atomic E-state index is 0.0297. The summed E-state index contributed by atoms with van der Waals surface area (Å²) >= 11 is 3.16. The monoisotopic (exact) mass is 301 g/mol. The first-order valence-electron chi connectivity index (χ1n) is 5.05. The van der Waals surface area contributed by atoms with E-state index in [1.54, 1.807) is 19.9 Å². The fourth-order valence-electron chi connectivity index (χ4n) is 1.42. The van der Waals surface area contributed by atoms with E-state index in [0.717, 1.165) is 5.56 Å². The fraction of sp³-hybridized carbons (Fsp3) is 0.364. The Morgan fingerprint density at radius 1 is 1.53 bits per heavy atom. The average Bonchev–Trinajstić information content (AvgIpc) is 2.24. The van der Waals surface area contributed by atoms with Gasteiger partial charge in [0.2, 0.25) is 0 Å². The number of nitro groups is 1. The lowest BCUT2D eigenvalue weighted by Crippen LogP contribution is -2.09. The van der Waals surface area contributed by atoms with Crippen molar-refractivity contribution >= 4 is 27.6 Å². The van der Waals surface area contributed by atoms with Crippen LogP contribution in [0.4, 0.5) is 5.69 Å². The molecule has 0 amide bonds. The molecule has 5 nitrogen and oxygen atoms in total. The van der Waals surface area contributed by atoms with Gasteiger partial charge in [0.1, 0.15) is 0 Å². The average molecular weight is 302 g/mol. The number of carbonyl (C=O) groups is 1. The normalized spacial score (nSPS) is 10.1. The molecule has 0 aromatic heterocycles. The number of nitrogens with zero attached hydrogens (tertiary/aromatic N) is 1. The predicted octanol–water partition coefficient (Wildman–Crippen LogP) is 2.77. The maximum absolute atomic E-state index is 11.4. The number of halogens is 1. The minimum atomic E-state index is -0.488. The van der Waals surface area contributed by atoms with Crippen molar-refractivity contribution < 1.29 is 14.5 Å². The van der Waals surface area contributed by atoms with Gasteiger partial charge in [0.05, 0.1) is 22.4 Å². The van der Waals surface area contributed by atoms with E-state index in [0.29, 0.717) is 16.6 Å². The van der Waals surface area contributed by atoms with E-state index in [4.69, 9.17) is 4.74 Å². The Bertz CT molecular complexity index is 459. The second kappa shape index (κ2) is 5.77. The number of hydrogen-bond donors (Lipinski definition) is 0. The highest BCUT2D eigenvalue weighted by Gasteiger charge is 2.19. The van der Waals surface area contributed by atoms with Gasteiger partial charge in [0, 0.05) is 6.07 Å². The third-order valence-electron chi connectivity index (χ3n) is 2.28. The Balaban J connectivity index is 3.09. The Kier molecular flexibility index (Phi) is 4.62. The van der Waals surface area contributed by atoms with Gasteiger partial charge < -0.3 is 4.74 Å². The Morgan fingerprint density at radius 2 is 2.18 bits per heavy atom. The summed E-state index contributed by atoms with van der Waals surface area (Å²) < 4.78 is 5.17. The summed E-state index contributed by atoms with van der Waals surface area (Å²) in [5.41, 5.74) is 1.36. The molecule has 92 valence electrons. The maximum atomic E-state index is 11.4. The second-order valence-corrected chi connectivity index (χ2v) is 4.23. The number of rotatable bonds is 4. The largest absolute Gasteiger partial charge is 0.466 e. The van der Waals surface area contributed by atoms with Gasteiger partial charge in [-0.1, -0.05) is 6.07 Å². The van der Waals surface area contributed by atoms with Gasteiger partial charge in [-0.25, -0.2) is 0 Å². The predicted molar refractivity (Wildman–Crippen MR) is 65.9 cm³/mol. The zero-order valence-electron chi connectivity index (χ0n) is 9.53. The lowest BCUT2D eigenvalue weighted by molar-refractivity contribution is -0.385. The molecule has 0 radical (unpaired) electrons. The van der Waals surface area contributed by atoms with Crippen LogP contribution >= 0.6 is 15.9 Å². The number of nitro benzene ring substituents is 1. The van der Waals surface area contributed by atoms with Crippen LogP contribution in [-0.2, 0) is 16.0 Å². The van der Waals surface area contributed by atoms with E-state index in [1.165, 1.54) is 6.07 Å². The number of hydrogen-bond acceptors (Lipinski definition) is 4. The van der Waals surface area contributed by atoms with Crippen molar-refractivity contribution in [2.45, 2.75) is 20.3 Å². The molecular formula is C11H12BrNO4. The molecule has 0 aliphatic heterocycles. The third kappa shape index (κ3) is 3.26. The quantitative estimate of drug-likeness (QED) is 0.487. The zero-order chi connectivity index (χ0) is 13.0. The summed E-state index contributed by atoms with van der Waals surface area (Å²) in [6.45, 7) is 3.81. The minimum Gasteiger partial charge on any atom is -0.466 e. The van der Waals surface area contributed by atoms with E-state index >= 15 is 0 Å². The van der Waals surface area contributed by atoms with Crippen LogP contribution in [0.2, 0.25) is 0 Å². The van der Waals surface area contributed by atoms with Crippen molar-refractivity contribution in [3.63, 3.8) is 0 Å². The number of carbonyl (C=O) groups excluding carboxylic acids is 1. The van der Waals surface area contributed by atoms with E-state index in [-0.39, 0.29) is 12.1 Å². The summed E-state index contributed by atoms with van der Waals surface area (Å²) in [7, 11) is 0. The molecule has 0 spiro atoms. The second-order valence-electron chi connectivity index (χ2n) is 3.43. The van der Waals surface area contributed by atoms with Gasteiger partial charge in [-0.2, -0.15) is 0 Å². The molecule has 0 bridgehead atoms. The molecule has 0 heterocycles. The van der Waals surface area contributed by atoms with Crippen molar-refractivity contribution in [1.82, 2.24) is 0 Å². The van der Waals surface area contributed by atoms with Crippen molar-refractivity contribution in [3.05, 3.63) is 37.8 Å². The van der Waals surface area contributed by atoms with Crippen LogP contribution < -0.4 is 0 Å². The maximum Gasteiger partial charge on any atom is 0.310 e. The Labute approximate surface area is 107 Å². The molecular weight excluding hydrogens is 290 g/mol. The summed E-state index contributed by atoms with van der Waals surface area (Å²) in [5.74, 6) is -0.392. The highest BCUT2D eigenvalue weighted by molar-refractivity contribution is 9.10. The fourth-order valence-corrected chi connectivity index (χ4v) is 2.15. The SMILES string of the molecule is CCOC(=O)Cc1c(C)ccc([N+](=O)[O-])c1Br. The van der Waals surface area contributed by atoms with Gasteiger partial charge >= 0.3 is 5.97 Å². The number of benzene rings is 1. The lowest BCUT2D eigenvalue weighted by atomic mass is 10.1. The molecule has 0 unspecified atom stereocenters. The third-order valence-corrected chi connectivity index (χ3v) is 3.17. The summed E-state index contributed by atoms with van der Waals surface area (Å²) in [6.07, 6.45) is 0.0297. The molecule has 0 N–H and O–H groups in total. The zero-order valence-corrected chi connectivity index (χ0v) is 11.1. The molecule has 1 aromatic rings. The number of ether oxygens (including phenoxy) is 1. The van der Waals surface area contributed by atoms with Crippen molar-refractivity contribution in [3.8, 4) is 0 Å². The Hall–Kier alpha value is -1.43. The molecule has 0 saturated heterocycles. The van der Waals surface area contributed by atoms with Crippen molar-refractivity contribution in [1.29, 1.82) is 0 Å². The molecule has 17 heavy (non-hydrogen) atoms. The van der Waals surface area contributed by atoms with Gasteiger partial charge in [-0.15, -0.1) is 0 Å². The van der Waals surface area contributed by atoms with E-state index in [1.807, 2.05) is 0 Å². The van der Waals surface area contributed by atoms with Crippen LogP contribution in [0.25, 0.3) is 0 Å². The Morgan fingerprint density at radius 3 is 2.71 bits per heavy atom. The summed E-state index contributed by atoms with van der Waals surface area (Å²) in [4.78, 5) is 21.7. The number of esters is 1. The van der Waals surface area contributed by atoms with Gasteiger partial charge in [0.25, 0.3) is 5.69 Å². The summed E-state index contributed by atoms with van der Waals surface area (Å²) in [6, 6.07) is 3.03. The topological polar surface area (TPSA) is 69.4 Å². The lowest BCUT2D eigenvalue weighted by Gasteiger charge is -2.08. The van der Waals surface area contributed by atoms with Crippen LogP contribution in [0.15, 0.2) is 16.6 Å². The molecule has 0 fully saturated rings. The van der Waals surface area contributed by atoms with E-state index in [2.05, 4.69) is 15.9 Å². The molecule has 6 heteroatoms. The van der Waals surface area contributed by atoms with Crippen LogP contribution in [0.5, 0.6) is 0 Å². The molecule has 0 saturated carbocycles. The molecule has 1 aromatic carbocycles. The first-order valence-corrected chi connectivity index (χ1v) is 5.84. The van der Waals surface area contributed by atoms with Gasteiger partial charge in [0.15, 0.2) is 0 Å². The molecule has 0 aliphatic rings. The van der Waals surface area contributed by atoms with Crippen molar-refractivity contribution in [2.75, 3.05) is 6.61 Å². The number of aryl methyl sites for hydroxylation is 1. The first kappa shape index (κ1) is 13.6. The highest BCUT2D eigenvalue weighted by Crippen LogP contribution is 2.31. The van der Waals surface area contributed by atoms with Crippen LogP contribution in [0, 0.1) is 17.0 Å².